The lowest BCUT2D eigenvalue weighted by Gasteiger charge is -2.04. The number of rotatable bonds is 6. The molecule has 0 unspecified atom stereocenters. The smallest absolute Gasteiger partial charge is 0.324 e. The van der Waals surface area contributed by atoms with Crippen molar-refractivity contribution in [3.8, 4) is 0 Å². The van der Waals surface area contributed by atoms with Gasteiger partial charge in [0.2, 0.25) is 0 Å². The fraction of sp³-hybridized carbons (Fsp3) is 0.0714. The fourth-order valence-electron chi connectivity index (χ4n) is 1.61. The van der Waals surface area contributed by atoms with Crippen LogP contribution in [0.25, 0.3) is 0 Å². The number of benzene rings is 1. The number of hydrogen-bond acceptors (Lipinski definition) is 6. The molecule has 0 aliphatic heterocycles. The predicted octanol–water partition coefficient (Wildman–Crippen LogP) is 2.30. The molecular formula is C14H11BrN4O4S. The number of nitrogens with zero attached hydrogens (tertiary/aromatic N) is 2. The van der Waals surface area contributed by atoms with Gasteiger partial charge in [-0.3, -0.25) is 19.7 Å². The summed E-state index contributed by atoms with van der Waals surface area (Å²) in [6.07, 6.45) is 1.30. The van der Waals surface area contributed by atoms with Crippen LogP contribution >= 0.6 is 27.3 Å². The van der Waals surface area contributed by atoms with Crippen LogP contribution in [0.15, 0.2) is 46.0 Å². The molecule has 8 nitrogen and oxygen atoms in total. The molecule has 2 amide bonds. The molecule has 2 rings (SSSR count). The van der Waals surface area contributed by atoms with Gasteiger partial charge in [-0.15, -0.1) is 0 Å². The number of nitrogens with one attached hydrogen (secondary N) is 2. The van der Waals surface area contributed by atoms with E-state index in [0.717, 1.165) is 15.8 Å². The number of nitro groups is 1. The molecule has 0 spiro atoms. The molecule has 124 valence electrons. The molecule has 2 N–H and O–H groups in total. The van der Waals surface area contributed by atoms with Crippen LogP contribution in [0.1, 0.15) is 15.2 Å². The van der Waals surface area contributed by atoms with Crippen molar-refractivity contribution in [3.63, 3.8) is 0 Å². The van der Waals surface area contributed by atoms with Crippen molar-refractivity contribution in [3.05, 3.63) is 61.4 Å². The molecule has 0 radical (unpaired) electrons. The molecule has 2 aromatic rings. The van der Waals surface area contributed by atoms with Gasteiger partial charge in [-0.25, -0.2) is 5.43 Å². The van der Waals surface area contributed by atoms with E-state index >= 15 is 0 Å². The number of hydrogen-bond donors (Lipinski definition) is 2. The number of halogens is 1. The van der Waals surface area contributed by atoms with Gasteiger partial charge in [-0.2, -0.15) is 5.10 Å². The quantitative estimate of drug-likeness (QED) is 0.431. The highest BCUT2D eigenvalue weighted by Gasteiger charge is 2.09. The van der Waals surface area contributed by atoms with Crippen molar-refractivity contribution < 1.29 is 14.5 Å². The first-order valence-electron chi connectivity index (χ1n) is 6.55. The Bertz CT molecular complexity index is 806. The summed E-state index contributed by atoms with van der Waals surface area (Å²) in [6, 6.07) is 9.63. The van der Waals surface area contributed by atoms with E-state index in [1.165, 1.54) is 18.3 Å². The summed E-state index contributed by atoms with van der Waals surface area (Å²) in [5, 5.41) is 16.7. The third kappa shape index (κ3) is 5.25. The second kappa shape index (κ2) is 8.31. The van der Waals surface area contributed by atoms with Crippen LogP contribution in [0.3, 0.4) is 0 Å². The largest absolute Gasteiger partial charge is 0.343 e. The summed E-state index contributed by atoms with van der Waals surface area (Å²) < 4.78 is 0.759. The van der Waals surface area contributed by atoms with E-state index in [4.69, 9.17) is 0 Å². The highest BCUT2D eigenvalue weighted by Crippen LogP contribution is 2.22. The van der Waals surface area contributed by atoms with Crippen LogP contribution < -0.4 is 10.7 Å². The summed E-state index contributed by atoms with van der Waals surface area (Å²) in [5.41, 5.74) is 2.65. The molecule has 1 aromatic carbocycles. The molecule has 10 heteroatoms. The van der Waals surface area contributed by atoms with Crippen molar-refractivity contribution in [1.29, 1.82) is 0 Å². The van der Waals surface area contributed by atoms with E-state index in [1.54, 1.807) is 24.3 Å². The third-order valence-corrected chi connectivity index (χ3v) is 4.13. The van der Waals surface area contributed by atoms with Crippen LogP contribution in [0.5, 0.6) is 0 Å². The van der Waals surface area contributed by atoms with Gasteiger partial charge in [0.1, 0.15) is 0 Å². The topological polar surface area (TPSA) is 114 Å². The Morgan fingerprint density at radius 3 is 2.79 bits per heavy atom. The summed E-state index contributed by atoms with van der Waals surface area (Å²) in [6.45, 7) is -0.243. The highest BCUT2D eigenvalue weighted by atomic mass is 79.9. The predicted molar refractivity (Wildman–Crippen MR) is 93.2 cm³/mol. The molecule has 1 heterocycles. The normalized spacial score (nSPS) is 10.5. The van der Waals surface area contributed by atoms with Gasteiger partial charge in [0.25, 0.3) is 11.8 Å². The van der Waals surface area contributed by atoms with Crippen LogP contribution in [0.4, 0.5) is 5.00 Å². The first-order valence-corrected chi connectivity index (χ1v) is 8.16. The average molecular weight is 411 g/mol. The number of carbonyl (C=O) groups is 2. The van der Waals surface area contributed by atoms with Gasteiger partial charge in [0.05, 0.1) is 22.6 Å². The van der Waals surface area contributed by atoms with Gasteiger partial charge in [-0.1, -0.05) is 33.3 Å². The Hall–Kier alpha value is -2.59. The van der Waals surface area contributed by atoms with Crippen LogP contribution in [0.2, 0.25) is 0 Å². The van der Waals surface area contributed by atoms with Crippen molar-refractivity contribution in [2.75, 3.05) is 6.54 Å². The van der Waals surface area contributed by atoms with E-state index in [1.807, 2.05) is 0 Å². The van der Waals surface area contributed by atoms with Crippen molar-refractivity contribution >= 4 is 50.3 Å². The molecule has 0 aliphatic carbocycles. The van der Waals surface area contributed by atoms with Gasteiger partial charge in [0.15, 0.2) is 0 Å². The second-order valence-corrected chi connectivity index (χ2v) is 6.43. The maximum atomic E-state index is 11.9. The third-order valence-electron chi connectivity index (χ3n) is 2.67. The first-order chi connectivity index (χ1) is 11.5. The second-order valence-electron chi connectivity index (χ2n) is 4.42. The van der Waals surface area contributed by atoms with E-state index in [0.29, 0.717) is 10.4 Å². The SMILES string of the molecule is O=C(CNC(=O)c1cccc(Br)c1)N/N=C/c1ccc([N+](=O)[O-])s1. The highest BCUT2D eigenvalue weighted by molar-refractivity contribution is 9.10. The Morgan fingerprint density at radius 2 is 2.12 bits per heavy atom. The Kier molecular flexibility index (Phi) is 6.15. The molecule has 0 aliphatic rings. The summed E-state index contributed by atoms with van der Waals surface area (Å²) >= 11 is 4.19. The lowest BCUT2D eigenvalue weighted by molar-refractivity contribution is -0.380. The van der Waals surface area contributed by atoms with E-state index in [9.17, 15) is 19.7 Å². The van der Waals surface area contributed by atoms with E-state index in [-0.39, 0.29) is 17.5 Å². The number of carbonyl (C=O) groups excluding carboxylic acids is 2. The maximum Gasteiger partial charge on any atom is 0.324 e. The summed E-state index contributed by atoms with van der Waals surface area (Å²) in [7, 11) is 0. The lowest BCUT2D eigenvalue weighted by atomic mass is 10.2. The number of hydrazone groups is 1. The fourth-order valence-corrected chi connectivity index (χ4v) is 2.70. The number of thiophene rings is 1. The minimum Gasteiger partial charge on any atom is -0.343 e. The lowest BCUT2D eigenvalue weighted by Crippen LogP contribution is -2.34. The monoisotopic (exact) mass is 410 g/mol. The Labute approximate surface area is 148 Å². The zero-order valence-corrected chi connectivity index (χ0v) is 14.5. The molecular weight excluding hydrogens is 400 g/mol. The van der Waals surface area contributed by atoms with E-state index in [2.05, 4.69) is 31.8 Å². The van der Waals surface area contributed by atoms with Gasteiger partial charge < -0.3 is 5.32 Å². The zero-order chi connectivity index (χ0) is 17.5. The Morgan fingerprint density at radius 1 is 1.33 bits per heavy atom. The number of amides is 2. The maximum absolute atomic E-state index is 11.9. The van der Waals surface area contributed by atoms with Gasteiger partial charge in [-0.05, 0) is 24.3 Å². The molecule has 0 saturated carbocycles. The van der Waals surface area contributed by atoms with E-state index < -0.39 is 10.8 Å². The molecule has 24 heavy (non-hydrogen) atoms. The average Bonchev–Trinajstić information content (AvgIpc) is 3.02. The zero-order valence-electron chi connectivity index (χ0n) is 12.1. The van der Waals surface area contributed by atoms with Crippen LogP contribution in [0, 0.1) is 10.1 Å². The summed E-state index contributed by atoms with van der Waals surface area (Å²) in [5.74, 6) is -0.898. The molecule has 1 aromatic heterocycles. The standard InChI is InChI=1S/C14H11BrN4O4S/c15-10-3-1-2-9(6-10)14(21)16-8-12(20)18-17-7-11-4-5-13(24-11)19(22)23/h1-7H,8H2,(H,16,21)(H,18,20)/b17-7+. The Balaban J connectivity index is 1.79. The van der Waals surface area contributed by atoms with Gasteiger partial charge >= 0.3 is 5.00 Å². The first kappa shape index (κ1) is 17.8. The van der Waals surface area contributed by atoms with Crippen LogP contribution in [-0.4, -0.2) is 29.5 Å². The van der Waals surface area contributed by atoms with Crippen LogP contribution in [-0.2, 0) is 4.79 Å². The van der Waals surface area contributed by atoms with Crippen molar-refractivity contribution in [1.82, 2.24) is 10.7 Å². The molecule has 0 fully saturated rings. The van der Waals surface area contributed by atoms with Gasteiger partial charge in [0, 0.05) is 16.1 Å². The minimum absolute atomic E-state index is 0.0101. The molecule has 0 bridgehead atoms. The van der Waals surface area contributed by atoms with Crippen molar-refractivity contribution in [2.45, 2.75) is 0 Å². The summed E-state index contributed by atoms with van der Waals surface area (Å²) in [4.78, 5) is 34.0. The van der Waals surface area contributed by atoms with Crippen molar-refractivity contribution in [2.24, 2.45) is 5.10 Å². The minimum atomic E-state index is -0.513. The molecule has 0 saturated heterocycles. The molecule has 0 atom stereocenters.